The lowest BCUT2D eigenvalue weighted by Gasteiger charge is -2.47. The van der Waals surface area contributed by atoms with Crippen LogP contribution in [0.5, 0.6) is 0 Å². The van der Waals surface area contributed by atoms with E-state index in [1.165, 1.54) is 0 Å². The summed E-state index contributed by atoms with van der Waals surface area (Å²) in [7, 11) is 0. The van der Waals surface area contributed by atoms with Crippen molar-refractivity contribution in [1.29, 1.82) is 0 Å². The summed E-state index contributed by atoms with van der Waals surface area (Å²) in [4.78, 5) is 0. The van der Waals surface area contributed by atoms with Gasteiger partial charge in [0.1, 0.15) is 18.3 Å². The zero-order valence-electron chi connectivity index (χ0n) is 14.1. The van der Waals surface area contributed by atoms with Gasteiger partial charge in [0.25, 0.3) is 0 Å². The number of hydrogen-bond acceptors (Lipinski definition) is 11. The Bertz CT molecular complexity index is 419. The summed E-state index contributed by atoms with van der Waals surface area (Å²) >= 11 is 0. The van der Waals surface area contributed by atoms with Crippen LogP contribution in [0, 0.1) is 0 Å². The molecule has 11 heteroatoms. The maximum Gasteiger partial charge on any atom is 0.176 e. The van der Waals surface area contributed by atoms with Gasteiger partial charge in [0.05, 0.1) is 24.3 Å². The molecule has 0 aromatic carbocycles. The van der Waals surface area contributed by atoms with Crippen molar-refractivity contribution in [2.24, 2.45) is 28.7 Å². The molecule has 2 rings (SSSR count). The van der Waals surface area contributed by atoms with Crippen molar-refractivity contribution < 1.29 is 24.8 Å². The molecule has 2 aliphatic rings. The summed E-state index contributed by atoms with van der Waals surface area (Å²) in [5.41, 5.74) is 29.1. The molecule has 11 nitrogen and oxygen atoms in total. The van der Waals surface area contributed by atoms with E-state index >= 15 is 0 Å². The number of ether oxygens (including phenoxy) is 2. The van der Waals surface area contributed by atoms with E-state index in [1.54, 1.807) is 0 Å². The smallest absolute Gasteiger partial charge is 0.176 e. The zero-order chi connectivity index (χ0) is 18.7. The molecule has 148 valence electrons. The Hall–Kier alpha value is -0.440. The molecule has 0 aromatic rings. The predicted octanol–water partition coefficient (Wildman–Crippen LogP) is -5.56. The highest BCUT2D eigenvalue weighted by Crippen LogP contribution is 2.27. The highest BCUT2D eigenvalue weighted by Gasteiger charge is 2.48. The largest absolute Gasteiger partial charge is 0.390 e. The third-order valence-electron chi connectivity index (χ3n) is 4.92. The van der Waals surface area contributed by atoms with E-state index in [4.69, 9.17) is 38.1 Å². The minimum atomic E-state index is -1.25. The van der Waals surface area contributed by atoms with E-state index in [2.05, 4.69) is 5.32 Å². The van der Waals surface area contributed by atoms with Gasteiger partial charge in [0, 0.05) is 31.7 Å². The minimum Gasteiger partial charge on any atom is -0.390 e. The average Bonchev–Trinajstić information content (AvgIpc) is 2.59. The molecule has 25 heavy (non-hydrogen) atoms. The summed E-state index contributed by atoms with van der Waals surface area (Å²) < 4.78 is 11.5. The van der Waals surface area contributed by atoms with Crippen molar-refractivity contribution in [3.8, 4) is 0 Å². The molecule has 14 N–H and O–H groups in total. The molecule has 1 aliphatic heterocycles. The lowest BCUT2D eigenvalue weighted by atomic mass is 9.82. The second-order valence-electron chi connectivity index (χ2n) is 6.76. The van der Waals surface area contributed by atoms with Gasteiger partial charge in [-0.25, -0.2) is 0 Å². The molecule has 1 heterocycles. The summed E-state index contributed by atoms with van der Waals surface area (Å²) in [5.74, 6) is 0. The van der Waals surface area contributed by atoms with E-state index in [9.17, 15) is 15.3 Å². The summed E-state index contributed by atoms with van der Waals surface area (Å²) in [6.07, 6.45) is -5.52. The van der Waals surface area contributed by atoms with Crippen molar-refractivity contribution in [2.45, 2.75) is 67.4 Å². The fourth-order valence-corrected chi connectivity index (χ4v) is 3.41. The van der Waals surface area contributed by atoms with Crippen molar-refractivity contribution in [1.82, 2.24) is 5.32 Å². The van der Waals surface area contributed by atoms with Crippen LogP contribution < -0.4 is 34.0 Å². The Morgan fingerprint density at radius 2 is 1.68 bits per heavy atom. The molecule has 0 unspecified atom stereocenters. The fraction of sp³-hybridized carbons (Fsp3) is 1.00. The van der Waals surface area contributed by atoms with E-state index in [1.807, 2.05) is 0 Å². The van der Waals surface area contributed by atoms with Gasteiger partial charge in [-0.3, -0.25) is 0 Å². The fourth-order valence-electron chi connectivity index (χ4n) is 3.41. The van der Waals surface area contributed by atoms with Crippen molar-refractivity contribution in [3.63, 3.8) is 0 Å². The third kappa shape index (κ3) is 4.46. The monoisotopic (exact) mass is 364 g/mol. The third-order valence-corrected chi connectivity index (χ3v) is 4.92. The first-order valence-electron chi connectivity index (χ1n) is 8.57. The predicted molar refractivity (Wildman–Crippen MR) is 90.0 cm³/mol. The van der Waals surface area contributed by atoms with E-state index < -0.39 is 61.0 Å². The maximum atomic E-state index is 10.4. The van der Waals surface area contributed by atoms with Crippen LogP contribution in [0.3, 0.4) is 0 Å². The normalized spacial score (nSPS) is 48.5. The van der Waals surface area contributed by atoms with Gasteiger partial charge in [-0.15, -0.1) is 0 Å². The van der Waals surface area contributed by atoms with Gasteiger partial charge in [-0.1, -0.05) is 0 Å². The van der Waals surface area contributed by atoms with Crippen molar-refractivity contribution in [3.05, 3.63) is 0 Å². The number of nitrogens with two attached hydrogens (primary N) is 5. The number of aliphatic hydroxyl groups is 3. The number of aliphatic hydroxyl groups excluding tert-OH is 3. The zero-order valence-corrected chi connectivity index (χ0v) is 14.1. The molecule has 1 saturated carbocycles. The van der Waals surface area contributed by atoms with Gasteiger partial charge < -0.3 is 58.8 Å². The standard InChI is InChI=1S/C14H32N6O5/c15-1-2-20-9-10(21)5(17)3-6(18)13(9)25-14-8(19)12(23)11(22)7(4-16)24-14/h5-14,20-23H,1-4,15-19H2/t5-,6+,7-,8-,9+,10+,11-,12-,13+,14-/m1/s1. The first-order chi connectivity index (χ1) is 11.8. The Morgan fingerprint density at radius 3 is 2.28 bits per heavy atom. The number of nitrogens with one attached hydrogen (secondary N) is 1. The number of hydrogen-bond donors (Lipinski definition) is 9. The molecule has 0 amide bonds. The summed E-state index contributed by atoms with van der Waals surface area (Å²) in [6, 6.07) is -2.55. The van der Waals surface area contributed by atoms with Crippen LogP contribution in [0.15, 0.2) is 0 Å². The quantitative estimate of drug-likeness (QED) is 0.216. The van der Waals surface area contributed by atoms with Crippen LogP contribution in [-0.2, 0) is 9.47 Å². The van der Waals surface area contributed by atoms with Crippen LogP contribution in [-0.4, -0.2) is 95.9 Å². The average molecular weight is 364 g/mol. The molecule has 1 aliphatic carbocycles. The molecule has 10 atom stereocenters. The highest BCUT2D eigenvalue weighted by atomic mass is 16.7. The second-order valence-corrected chi connectivity index (χ2v) is 6.76. The van der Waals surface area contributed by atoms with Crippen LogP contribution in [0.2, 0.25) is 0 Å². The van der Waals surface area contributed by atoms with Gasteiger partial charge >= 0.3 is 0 Å². The van der Waals surface area contributed by atoms with Crippen molar-refractivity contribution >= 4 is 0 Å². The van der Waals surface area contributed by atoms with E-state index in [-0.39, 0.29) is 6.54 Å². The SMILES string of the molecule is NCCN[C@H]1[C@@H](O)[C@H](N)C[C@H](N)[C@@H]1O[C@H]1O[C@H](CN)[C@@H](O)[C@H](O)[C@H]1N. The second kappa shape index (κ2) is 8.97. The van der Waals surface area contributed by atoms with Crippen LogP contribution in [0.1, 0.15) is 6.42 Å². The van der Waals surface area contributed by atoms with Crippen molar-refractivity contribution in [2.75, 3.05) is 19.6 Å². The molecule has 0 bridgehead atoms. The van der Waals surface area contributed by atoms with Gasteiger partial charge in [-0.05, 0) is 6.42 Å². The van der Waals surface area contributed by atoms with Crippen LogP contribution in [0.4, 0.5) is 0 Å². The molecular weight excluding hydrogens is 332 g/mol. The molecular formula is C14H32N6O5. The lowest BCUT2D eigenvalue weighted by Crippen LogP contribution is -2.70. The number of rotatable bonds is 6. The van der Waals surface area contributed by atoms with Crippen LogP contribution >= 0.6 is 0 Å². The van der Waals surface area contributed by atoms with Gasteiger partial charge in [0.2, 0.25) is 0 Å². The highest BCUT2D eigenvalue weighted by molar-refractivity contribution is 5.02. The Kier molecular flexibility index (Phi) is 7.49. The Labute approximate surface area is 146 Å². The first-order valence-corrected chi connectivity index (χ1v) is 8.57. The maximum absolute atomic E-state index is 10.4. The molecule has 0 radical (unpaired) electrons. The first kappa shape index (κ1) is 20.9. The van der Waals surface area contributed by atoms with E-state index in [0.29, 0.717) is 19.5 Å². The molecule has 0 aromatic heterocycles. The summed E-state index contributed by atoms with van der Waals surface area (Å²) in [6.45, 7) is 0.787. The summed E-state index contributed by atoms with van der Waals surface area (Å²) in [5, 5.41) is 33.5. The molecule has 0 spiro atoms. The Balaban J connectivity index is 2.13. The topological polar surface area (TPSA) is 221 Å². The minimum absolute atomic E-state index is 0.0100. The lowest BCUT2D eigenvalue weighted by molar-refractivity contribution is -0.279. The van der Waals surface area contributed by atoms with Gasteiger partial charge in [-0.2, -0.15) is 0 Å². The Morgan fingerprint density at radius 1 is 1.00 bits per heavy atom. The van der Waals surface area contributed by atoms with Gasteiger partial charge in [0.15, 0.2) is 6.29 Å². The molecule has 1 saturated heterocycles. The van der Waals surface area contributed by atoms with Crippen LogP contribution in [0.25, 0.3) is 0 Å². The van der Waals surface area contributed by atoms with E-state index in [0.717, 1.165) is 0 Å². The molecule has 2 fully saturated rings.